The van der Waals surface area contributed by atoms with E-state index in [-0.39, 0.29) is 17.1 Å². The van der Waals surface area contributed by atoms with E-state index in [9.17, 15) is 10.1 Å². The summed E-state index contributed by atoms with van der Waals surface area (Å²) in [7, 11) is 0. The van der Waals surface area contributed by atoms with Gasteiger partial charge in [-0.25, -0.2) is 4.99 Å². The molecule has 1 unspecified atom stereocenters. The van der Waals surface area contributed by atoms with Gasteiger partial charge >= 0.3 is 0 Å². The molecule has 0 fully saturated rings. The number of anilines is 1. The molecule has 0 saturated carbocycles. The first-order chi connectivity index (χ1) is 13.9. The largest absolute Gasteiger partial charge is 0.383 e. The number of fused-ring (bicyclic) bond motifs is 4. The molecule has 0 saturated heterocycles. The number of aliphatic imine (C=N–C) groups is 1. The molecule has 0 radical (unpaired) electrons. The molecule has 1 aromatic heterocycles. The van der Waals surface area contributed by atoms with Crippen molar-refractivity contribution in [1.82, 2.24) is 0 Å². The minimum atomic E-state index is -0.383. The monoisotopic (exact) mass is 400 g/mol. The van der Waals surface area contributed by atoms with Crippen molar-refractivity contribution in [3.63, 3.8) is 0 Å². The molecule has 5 rings (SSSR count). The lowest BCUT2D eigenvalue weighted by Gasteiger charge is -2.45. The second-order valence-electron chi connectivity index (χ2n) is 8.45. The fourth-order valence-electron chi connectivity index (χ4n) is 4.63. The number of ketones is 1. The van der Waals surface area contributed by atoms with Crippen LogP contribution in [0.2, 0.25) is 0 Å². The van der Waals surface area contributed by atoms with Crippen molar-refractivity contribution >= 4 is 28.6 Å². The fourth-order valence-corrected chi connectivity index (χ4v) is 5.48. The van der Waals surface area contributed by atoms with E-state index in [0.29, 0.717) is 23.7 Å². The van der Waals surface area contributed by atoms with Crippen molar-refractivity contribution in [3.8, 4) is 6.07 Å². The SMILES string of the molecule is CC1(C)CC(=O)C2=C(C1)N1C(=C(C#N)C2c2cccs2)N=C(N)c2ccccc21. The standard InChI is InChI=1S/C23H20N4OS/c1-23(2)10-16-20(17(28)11-23)19(18-8-5-9-29-18)14(12-24)22-26-21(25)13-6-3-4-7-15(13)27(16)22/h3-9,19H,10-11H2,1-2H3,(H2,25,26). The van der Waals surface area contributed by atoms with Crippen LogP contribution in [0.3, 0.4) is 0 Å². The summed E-state index contributed by atoms with van der Waals surface area (Å²) in [5.74, 6) is 0.675. The third kappa shape index (κ3) is 2.58. The lowest BCUT2D eigenvalue weighted by Crippen LogP contribution is -2.42. The number of para-hydroxylation sites is 1. The van der Waals surface area contributed by atoms with Gasteiger partial charge in [0.25, 0.3) is 0 Å². The van der Waals surface area contributed by atoms with Gasteiger partial charge in [-0.1, -0.05) is 32.0 Å². The van der Waals surface area contributed by atoms with Gasteiger partial charge in [-0.15, -0.1) is 11.3 Å². The number of rotatable bonds is 1. The van der Waals surface area contributed by atoms with Crippen LogP contribution in [-0.2, 0) is 4.79 Å². The predicted octanol–water partition coefficient (Wildman–Crippen LogP) is 4.45. The summed E-state index contributed by atoms with van der Waals surface area (Å²) in [5.41, 5.74) is 9.99. The average Bonchev–Trinajstić information content (AvgIpc) is 3.20. The van der Waals surface area contributed by atoms with E-state index in [1.165, 1.54) is 0 Å². The highest BCUT2D eigenvalue weighted by molar-refractivity contribution is 7.10. The van der Waals surface area contributed by atoms with Crippen molar-refractivity contribution in [3.05, 3.63) is 74.9 Å². The molecule has 6 heteroatoms. The van der Waals surface area contributed by atoms with Crippen LogP contribution < -0.4 is 10.6 Å². The van der Waals surface area contributed by atoms with E-state index in [4.69, 9.17) is 5.73 Å². The number of thiophene rings is 1. The highest BCUT2D eigenvalue weighted by Gasteiger charge is 2.46. The number of Topliss-reactive ketones (excluding diaryl/α,β-unsaturated/α-hetero) is 1. The van der Waals surface area contributed by atoms with Crippen molar-refractivity contribution in [2.75, 3.05) is 4.90 Å². The molecule has 29 heavy (non-hydrogen) atoms. The summed E-state index contributed by atoms with van der Waals surface area (Å²) in [4.78, 5) is 21.0. The van der Waals surface area contributed by atoms with E-state index >= 15 is 0 Å². The van der Waals surface area contributed by atoms with Crippen molar-refractivity contribution in [2.45, 2.75) is 32.6 Å². The van der Waals surface area contributed by atoms with Gasteiger partial charge in [-0.3, -0.25) is 9.69 Å². The first-order valence-corrected chi connectivity index (χ1v) is 10.5. The highest BCUT2D eigenvalue weighted by atomic mass is 32.1. The fraction of sp³-hybridized carbons (Fsp3) is 0.261. The number of hydrogen-bond donors (Lipinski definition) is 1. The normalized spacial score (nSPS) is 22.5. The summed E-state index contributed by atoms with van der Waals surface area (Å²) in [5, 5.41) is 12.1. The van der Waals surface area contributed by atoms with E-state index in [0.717, 1.165) is 33.8 Å². The molecule has 0 spiro atoms. The van der Waals surface area contributed by atoms with Gasteiger partial charge < -0.3 is 5.73 Å². The van der Waals surface area contributed by atoms with Crippen molar-refractivity contribution in [1.29, 1.82) is 5.26 Å². The highest BCUT2D eigenvalue weighted by Crippen LogP contribution is 2.53. The Hall–Kier alpha value is -3.17. The second kappa shape index (κ2) is 6.16. The number of nitrogens with two attached hydrogens (primary N) is 1. The molecule has 1 aromatic carbocycles. The first-order valence-electron chi connectivity index (χ1n) is 9.59. The zero-order valence-corrected chi connectivity index (χ0v) is 17.1. The first kappa shape index (κ1) is 17.9. The number of carbonyl (C=O) groups excluding carboxylic acids is 1. The molecule has 5 nitrogen and oxygen atoms in total. The molecule has 0 bridgehead atoms. The average molecular weight is 401 g/mol. The number of carbonyl (C=O) groups is 1. The van der Waals surface area contributed by atoms with Gasteiger partial charge in [-0.05, 0) is 35.4 Å². The van der Waals surface area contributed by atoms with Gasteiger partial charge in [0.1, 0.15) is 5.84 Å². The third-order valence-electron chi connectivity index (χ3n) is 5.79. The number of benzene rings is 1. The summed E-state index contributed by atoms with van der Waals surface area (Å²) in [6, 6.07) is 14.1. The van der Waals surface area contributed by atoms with Crippen LogP contribution in [0, 0.1) is 16.7 Å². The summed E-state index contributed by atoms with van der Waals surface area (Å²) in [6.07, 6.45) is 1.21. The zero-order chi connectivity index (χ0) is 20.3. The number of nitrogens with zero attached hydrogens (tertiary/aromatic N) is 3. The van der Waals surface area contributed by atoms with Crippen molar-refractivity contribution < 1.29 is 4.79 Å². The Morgan fingerprint density at radius 2 is 2.03 bits per heavy atom. The predicted molar refractivity (Wildman–Crippen MR) is 114 cm³/mol. The van der Waals surface area contributed by atoms with Gasteiger partial charge in [0, 0.05) is 28.1 Å². The van der Waals surface area contributed by atoms with E-state index in [1.807, 2.05) is 46.7 Å². The third-order valence-corrected chi connectivity index (χ3v) is 6.73. The molecule has 2 N–H and O–H groups in total. The van der Waals surface area contributed by atoms with Gasteiger partial charge in [0.15, 0.2) is 11.6 Å². The molecule has 3 aliphatic rings. The second-order valence-corrected chi connectivity index (χ2v) is 9.43. The maximum Gasteiger partial charge on any atom is 0.162 e. The molecule has 3 heterocycles. The Labute approximate surface area is 173 Å². The molecular weight excluding hydrogens is 380 g/mol. The van der Waals surface area contributed by atoms with Crippen molar-refractivity contribution in [2.24, 2.45) is 16.1 Å². The smallest absolute Gasteiger partial charge is 0.162 e. The van der Waals surface area contributed by atoms with Crippen LogP contribution in [0.15, 0.2) is 69.4 Å². The lowest BCUT2D eigenvalue weighted by atomic mass is 9.69. The molecule has 2 aliphatic heterocycles. The Balaban J connectivity index is 1.86. The van der Waals surface area contributed by atoms with Crippen LogP contribution in [0.5, 0.6) is 0 Å². The van der Waals surface area contributed by atoms with E-state index in [2.05, 4.69) is 24.9 Å². The Kier molecular flexibility index (Phi) is 3.80. The molecule has 2 aromatic rings. The van der Waals surface area contributed by atoms with Crippen LogP contribution in [0.4, 0.5) is 5.69 Å². The summed E-state index contributed by atoms with van der Waals surface area (Å²) < 4.78 is 0. The Morgan fingerprint density at radius 1 is 1.24 bits per heavy atom. The number of hydrogen-bond acceptors (Lipinski definition) is 6. The molecule has 1 atom stereocenters. The van der Waals surface area contributed by atoms with Crippen LogP contribution in [-0.4, -0.2) is 11.6 Å². The Bertz CT molecular complexity index is 1180. The van der Waals surface area contributed by atoms with Crippen LogP contribution >= 0.6 is 11.3 Å². The summed E-state index contributed by atoms with van der Waals surface area (Å²) >= 11 is 1.56. The summed E-state index contributed by atoms with van der Waals surface area (Å²) in [6.45, 7) is 4.23. The molecule has 144 valence electrons. The van der Waals surface area contributed by atoms with Crippen LogP contribution in [0.1, 0.15) is 43.0 Å². The minimum absolute atomic E-state index is 0.112. The van der Waals surface area contributed by atoms with E-state index < -0.39 is 0 Å². The lowest BCUT2D eigenvalue weighted by molar-refractivity contribution is -0.118. The maximum absolute atomic E-state index is 13.4. The molecule has 0 amide bonds. The number of allylic oxidation sites excluding steroid dienone is 3. The van der Waals surface area contributed by atoms with Gasteiger partial charge in [0.05, 0.1) is 23.2 Å². The van der Waals surface area contributed by atoms with Crippen LogP contribution in [0.25, 0.3) is 0 Å². The van der Waals surface area contributed by atoms with Gasteiger partial charge in [-0.2, -0.15) is 5.26 Å². The Morgan fingerprint density at radius 3 is 2.76 bits per heavy atom. The maximum atomic E-state index is 13.4. The topological polar surface area (TPSA) is 82.5 Å². The number of nitriles is 1. The van der Waals surface area contributed by atoms with E-state index in [1.54, 1.807) is 11.3 Å². The van der Waals surface area contributed by atoms with Gasteiger partial charge in [0.2, 0.25) is 0 Å². The molecular formula is C23H20N4OS. The zero-order valence-electron chi connectivity index (χ0n) is 16.3. The quantitative estimate of drug-likeness (QED) is 0.767. The number of amidine groups is 1. The minimum Gasteiger partial charge on any atom is -0.383 e. The molecule has 1 aliphatic carbocycles.